The Morgan fingerprint density at radius 2 is 2.28 bits per heavy atom. The number of nitrogens with zero attached hydrogens (tertiary/aromatic N) is 2. The summed E-state index contributed by atoms with van der Waals surface area (Å²) in [5.41, 5.74) is 1.91. The van der Waals surface area contributed by atoms with Crippen molar-refractivity contribution in [1.82, 2.24) is 14.7 Å². The van der Waals surface area contributed by atoms with Crippen LogP contribution in [0.2, 0.25) is 5.02 Å². The third-order valence-electron chi connectivity index (χ3n) is 2.67. The van der Waals surface area contributed by atoms with E-state index in [-0.39, 0.29) is 0 Å². The highest BCUT2D eigenvalue weighted by molar-refractivity contribution is 6.30. The third-order valence-corrected chi connectivity index (χ3v) is 2.89. The van der Waals surface area contributed by atoms with Gasteiger partial charge in [0, 0.05) is 31.6 Å². The Hall–Kier alpha value is -1.10. The quantitative estimate of drug-likeness (QED) is 0.874. The third kappa shape index (κ3) is 3.45. The van der Waals surface area contributed by atoms with Crippen LogP contribution in [-0.2, 0) is 11.3 Å². The average molecular weight is 268 g/mol. The summed E-state index contributed by atoms with van der Waals surface area (Å²) in [6, 6.07) is 4.08. The van der Waals surface area contributed by atoms with E-state index in [0.717, 1.165) is 31.1 Å². The van der Waals surface area contributed by atoms with Gasteiger partial charge in [-0.2, -0.15) is 0 Å². The normalized spacial score (nSPS) is 13.1. The molecule has 1 N–H and O–H groups in total. The van der Waals surface area contributed by atoms with Gasteiger partial charge in [-0.15, -0.1) is 0 Å². The van der Waals surface area contributed by atoms with Crippen molar-refractivity contribution in [3.63, 3.8) is 0 Å². The Morgan fingerprint density at radius 3 is 3.06 bits per heavy atom. The minimum atomic E-state index is 0.318. The lowest BCUT2D eigenvalue weighted by Crippen LogP contribution is -2.30. The molecule has 0 radical (unpaired) electrons. The molecule has 1 unspecified atom stereocenters. The number of fused-ring (bicyclic) bond motifs is 1. The van der Waals surface area contributed by atoms with Crippen LogP contribution in [0.3, 0.4) is 0 Å². The molecule has 0 aliphatic heterocycles. The second kappa shape index (κ2) is 6.18. The zero-order chi connectivity index (χ0) is 13.0. The average Bonchev–Trinajstić information content (AvgIpc) is 2.75. The number of hydrogen-bond donors (Lipinski definition) is 1. The molecule has 1 atom stereocenters. The van der Waals surface area contributed by atoms with Gasteiger partial charge in [-0.05, 0) is 26.0 Å². The van der Waals surface area contributed by atoms with Crippen molar-refractivity contribution in [2.45, 2.75) is 26.4 Å². The molecular weight excluding hydrogens is 250 g/mol. The van der Waals surface area contributed by atoms with Crippen LogP contribution in [0.15, 0.2) is 24.5 Å². The van der Waals surface area contributed by atoms with Crippen LogP contribution in [0.5, 0.6) is 0 Å². The first-order valence-corrected chi connectivity index (χ1v) is 6.51. The molecule has 0 saturated heterocycles. The molecule has 0 aliphatic carbocycles. The van der Waals surface area contributed by atoms with Gasteiger partial charge in [-0.3, -0.25) is 0 Å². The number of ether oxygens (including phenoxy) is 1. The van der Waals surface area contributed by atoms with Crippen molar-refractivity contribution in [2.24, 2.45) is 0 Å². The fraction of sp³-hybridized carbons (Fsp3) is 0.462. The minimum absolute atomic E-state index is 0.318. The molecule has 2 aromatic rings. The summed E-state index contributed by atoms with van der Waals surface area (Å²) in [5.74, 6) is 0. The van der Waals surface area contributed by atoms with Crippen molar-refractivity contribution >= 4 is 17.2 Å². The highest BCUT2D eigenvalue weighted by Crippen LogP contribution is 2.11. The van der Waals surface area contributed by atoms with Gasteiger partial charge < -0.3 is 14.5 Å². The summed E-state index contributed by atoms with van der Waals surface area (Å²) in [7, 11) is 0. The lowest BCUT2D eigenvalue weighted by Gasteiger charge is -2.12. The molecule has 98 valence electrons. The monoisotopic (exact) mass is 267 g/mol. The molecule has 2 aromatic heterocycles. The zero-order valence-corrected chi connectivity index (χ0v) is 11.4. The van der Waals surface area contributed by atoms with Gasteiger partial charge in [0.05, 0.1) is 17.3 Å². The van der Waals surface area contributed by atoms with E-state index in [1.807, 2.05) is 35.9 Å². The van der Waals surface area contributed by atoms with E-state index in [1.165, 1.54) is 0 Å². The van der Waals surface area contributed by atoms with Crippen LogP contribution in [0.1, 0.15) is 19.5 Å². The van der Waals surface area contributed by atoms with Crippen molar-refractivity contribution < 1.29 is 4.74 Å². The van der Waals surface area contributed by atoms with Crippen LogP contribution < -0.4 is 5.32 Å². The Morgan fingerprint density at radius 1 is 1.44 bits per heavy atom. The van der Waals surface area contributed by atoms with Crippen LogP contribution >= 0.6 is 11.6 Å². The van der Waals surface area contributed by atoms with E-state index in [4.69, 9.17) is 16.3 Å². The Kier molecular flexibility index (Phi) is 4.58. The molecule has 18 heavy (non-hydrogen) atoms. The number of pyridine rings is 1. The molecule has 2 heterocycles. The van der Waals surface area contributed by atoms with E-state index in [1.54, 1.807) is 0 Å². The summed E-state index contributed by atoms with van der Waals surface area (Å²) >= 11 is 5.93. The number of aromatic nitrogens is 2. The number of nitrogens with one attached hydrogen (secondary N) is 1. The van der Waals surface area contributed by atoms with Gasteiger partial charge in [0.15, 0.2) is 0 Å². The predicted molar refractivity (Wildman–Crippen MR) is 73.0 cm³/mol. The van der Waals surface area contributed by atoms with E-state index >= 15 is 0 Å². The molecule has 5 heteroatoms. The van der Waals surface area contributed by atoms with Crippen LogP contribution in [0.25, 0.3) is 5.65 Å². The first-order chi connectivity index (χ1) is 8.69. The SMILES string of the molecule is CCOCC(C)NCc1cn2cc(Cl)ccc2n1. The maximum absolute atomic E-state index is 5.93. The molecule has 2 rings (SSSR count). The predicted octanol–water partition coefficient (Wildman–Crippen LogP) is 2.50. The van der Waals surface area contributed by atoms with E-state index in [0.29, 0.717) is 11.1 Å². The second-order valence-electron chi connectivity index (χ2n) is 4.29. The molecule has 0 bridgehead atoms. The first kappa shape index (κ1) is 13.3. The topological polar surface area (TPSA) is 38.6 Å². The number of hydrogen-bond acceptors (Lipinski definition) is 3. The Balaban J connectivity index is 1.95. The molecule has 0 aliphatic rings. The lowest BCUT2D eigenvalue weighted by atomic mass is 10.3. The standard InChI is InChI=1S/C13H18ClN3O/c1-3-18-9-10(2)15-6-12-8-17-7-11(14)4-5-13(17)16-12/h4-5,7-8,10,15H,3,6,9H2,1-2H3. The van der Waals surface area contributed by atoms with E-state index < -0.39 is 0 Å². The van der Waals surface area contributed by atoms with Crippen molar-refractivity contribution in [2.75, 3.05) is 13.2 Å². The van der Waals surface area contributed by atoms with Gasteiger partial charge in [0.2, 0.25) is 0 Å². The fourth-order valence-electron chi connectivity index (χ4n) is 1.73. The highest BCUT2D eigenvalue weighted by Gasteiger charge is 2.05. The van der Waals surface area contributed by atoms with Crippen LogP contribution in [0.4, 0.5) is 0 Å². The van der Waals surface area contributed by atoms with Crippen molar-refractivity contribution in [3.8, 4) is 0 Å². The molecule has 0 aromatic carbocycles. The smallest absolute Gasteiger partial charge is 0.137 e. The number of rotatable bonds is 6. The van der Waals surface area contributed by atoms with Gasteiger partial charge in [-0.1, -0.05) is 11.6 Å². The van der Waals surface area contributed by atoms with Gasteiger partial charge in [0.25, 0.3) is 0 Å². The second-order valence-corrected chi connectivity index (χ2v) is 4.72. The molecule has 0 saturated carbocycles. The molecule has 0 spiro atoms. The molecule has 0 fully saturated rings. The first-order valence-electron chi connectivity index (χ1n) is 6.13. The van der Waals surface area contributed by atoms with Crippen LogP contribution in [-0.4, -0.2) is 28.6 Å². The van der Waals surface area contributed by atoms with Gasteiger partial charge >= 0.3 is 0 Å². The largest absolute Gasteiger partial charge is 0.380 e. The summed E-state index contributed by atoms with van der Waals surface area (Å²) in [6.07, 6.45) is 3.85. The summed E-state index contributed by atoms with van der Waals surface area (Å²) in [5, 5.41) is 4.09. The summed E-state index contributed by atoms with van der Waals surface area (Å²) < 4.78 is 7.29. The van der Waals surface area contributed by atoms with Crippen molar-refractivity contribution in [1.29, 1.82) is 0 Å². The summed E-state index contributed by atoms with van der Waals surface area (Å²) in [6.45, 7) is 6.29. The van der Waals surface area contributed by atoms with Gasteiger partial charge in [-0.25, -0.2) is 4.98 Å². The van der Waals surface area contributed by atoms with E-state index in [9.17, 15) is 0 Å². The molecular formula is C13H18ClN3O. The fourth-order valence-corrected chi connectivity index (χ4v) is 1.90. The minimum Gasteiger partial charge on any atom is -0.380 e. The molecule has 0 amide bonds. The summed E-state index contributed by atoms with van der Waals surface area (Å²) in [4.78, 5) is 4.51. The van der Waals surface area contributed by atoms with Crippen LogP contribution in [0, 0.1) is 0 Å². The number of halogens is 1. The Labute approximate surface area is 112 Å². The lowest BCUT2D eigenvalue weighted by molar-refractivity contribution is 0.127. The molecule has 4 nitrogen and oxygen atoms in total. The Bertz CT molecular complexity index is 512. The number of imidazole rings is 1. The maximum Gasteiger partial charge on any atom is 0.137 e. The van der Waals surface area contributed by atoms with Gasteiger partial charge in [0.1, 0.15) is 5.65 Å². The maximum atomic E-state index is 5.93. The zero-order valence-electron chi connectivity index (χ0n) is 10.7. The highest BCUT2D eigenvalue weighted by atomic mass is 35.5. The van der Waals surface area contributed by atoms with E-state index in [2.05, 4.69) is 17.2 Å². The van der Waals surface area contributed by atoms with Crippen molar-refractivity contribution in [3.05, 3.63) is 35.2 Å².